The maximum Gasteiger partial charge on any atom is 0.253 e. The summed E-state index contributed by atoms with van der Waals surface area (Å²) < 4.78 is 1.70. The van der Waals surface area contributed by atoms with E-state index in [0.29, 0.717) is 18.0 Å². The number of fused-ring (bicyclic) bond motifs is 1. The molecular weight excluding hydrogens is 254 g/mol. The van der Waals surface area contributed by atoms with Crippen LogP contribution in [0.4, 0.5) is 0 Å². The van der Waals surface area contributed by atoms with Gasteiger partial charge in [0.05, 0.1) is 5.52 Å². The van der Waals surface area contributed by atoms with Gasteiger partial charge in [-0.05, 0) is 43.5 Å². The van der Waals surface area contributed by atoms with E-state index in [1.807, 2.05) is 30.1 Å². The zero-order valence-corrected chi connectivity index (χ0v) is 11.6. The van der Waals surface area contributed by atoms with Crippen molar-refractivity contribution in [2.45, 2.75) is 12.8 Å². The van der Waals surface area contributed by atoms with Crippen molar-refractivity contribution in [2.24, 2.45) is 18.7 Å². The number of nitrogens with zero attached hydrogens (tertiary/aromatic N) is 4. The first-order chi connectivity index (χ1) is 9.69. The van der Waals surface area contributed by atoms with Crippen molar-refractivity contribution in [3.8, 4) is 0 Å². The van der Waals surface area contributed by atoms with Gasteiger partial charge in [-0.25, -0.2) is 4.68 Å². The Hall–Kier alpha value is -1.95. The SMILES string of the molecule is Cn1nnc2cc(C(=O)N3CCC(CN)CC3)ccc21. The van der Waals surface area contributed by atoms with Crippen LogP contribution in [-0.2, 0) is 7.05 Å². The average Bonchev–Trinajstić information content (AvgIpc) is 2.87. The van der Waals surface area contributed by atoms with Gasteiger partial charge in [0.2, 0.25) is 0 Å². The second-order valence-corrected chi connectivity index (χ2v) is 5.39. The Morgan fingerprint density at radius 3 is 2.85 bits per heavy atom. The number of carbonyl (C=O) groups excluding carboxylic acids is 1. The van der Waals surface area contributed by atoms with Crippen LogP contribution < -0.4 is 5.73 Å². The van der Waals surface area contributed by atoms with Crippen LogP contribution in [0.25, 0.3) is 11.0 Å². The molecule has 1 aromatic carbocycles. The molecule has 0 aliphatic carbocycles. The molecule has 0 spiro atoms. The summed E-state index contributed by atoms with van der Waals surface area (Å²) in [4.78, 5) is 14.4. The molecule has 6 heteroatoms. The van der Waals surface area contributed by atoms with Crippen molar-refractivity contribution in [2.75, 3.05) is 19.6 Å². The minimum atomic E-state index is 0.0769. The summed E-state index contributed by atoms with van der Waals surface area (Å²) >= 11 is 0. The molecule has 2 N–H and O–H groups in total. The van der Waals surface area contributed by atoms with Gasteiger partial charge in [-0.3, -0.25) is 4.79 Å². The van der Waals surface area contributed by atoms with Gasteiger partial charge in [-0.2, -0.15) is 0 Å². The van der Waals surface area contributed by atoms with E-state index in [1.54, 1.807) is 4.68 Å². The van der Waals surface area contributed by atoms with Crippen molar-refractivity contribution < 1.29 is 4.79 Å². The van der Waals surface area contributed by atoms with Crippen molar-refractivity contribution in [3.63, 3.8) is 0 Å². The third-order valence-electron chi connectivity index (χ3n) is 4.09. The maximum atomic E-state index is 12.5. The lowest BCUT2D eigenvalue weighted by Crippen LogP contribution is -2.40. The predicted molar refractivity (Wildman–Crippen MR) is 76.2 cm³/mol. The number of nitrogens with two attached hydrogens (primary N) is 1. The number of hydrogen-bond acceptors (Lipinski definition) is 4. The molecule has 1 aliphatic heterocycles. The van der Waals surface area contributed by atoms with Crippen LogP contribution in [0.3, 0.4) is 0 Å². The van der Waals surface area contributed by atoms with Crippen molar-refractivity contribution in [3.05, 3.63) is 23.8 Å². The van der Waals surface area contributed by atoms with E-state index in [1.165, 1.54) is 0 Å². The molecule has 1 saturated heterocycles. The zero-order chi connectivity index (χ0) is 14.1. The molecule has 0 saturated carbocycles. The Kier molecular flexibility index (Phi) is 3.40. The molecule has 6 nitrogen and oxygen atoms in total. The summed E-state index contributed by atoms with van der Waals surface area (Å²) in [6, 6.07) is 5.57. The molecular formula is C14H19N5O. The number of aryl methyl sites for hydroxylation is 1. The third-order valence-corrected chi connectivity index (χ3v) is 4.09. The number of aromatic nitrogens is 3. The van der Waals surface area contributed by atoms with E-state index >= 15 is 0 Å². The van der Waals surface area contributed by atoms with E-state index in [0.717, 1.165) is 37.0 Å². The first-order valence-corrected chi connectivity index (χ1v) is 6.98. The van der Waals surface area contributed by atoms with Crippen LogP contribution in [0, 0.1) is 5.92 Å². The maximum absolute atomic E-state index is 12.5. The van der Waals surface area contributed by atoms with Crippen LogP contribution >= 0.6 is 0 Å². The summed E-state index contributed by atoms with van der Waals surface area (Å²) in [6.45, 7) is 2.30. The molecule has 1 fully saturated rings. The molecule has 106 valence electrons. The van der Waals surface area contributed by atoms with E-state index in [9.17, 15) is 4.79 Å². The minimum Gasteiger partial charge on any atom is -0.339 e. The van der Waals surface area contributed by atoms with E-state index < -0.39 is 0 Å². The van der Waals surface area contributed by atoms with Crippen LogP contribution in [0.5, 0.6) is 0 Å². The summed E-state index contributed by atoms with van der Waals surface area (Å²) in [5.74, 6) is 0.634. The number of hydrogen-bond donors (Lipinski definition) is 1. The Labute approximate surface area is 117 Å². The topological polar surface area (TPSA) is 77.0 Å². The summed E-state index contributed by atoms with van der Waals surface area (Å²) in [6.07, 6.45) is 1.99. The minimum absolute atomic E-state index is 0.0769. The van der Waals surface area contributed by atoms with Gasteiger partial charge in [0.25, 0.3) is 5.91 Å². The number of carbonyl (C=O) groups is 1. The third kappa shape index (κ3) is 2.27. The summed E-state index contributed by atoms with van der Waals surface area (Å²) in [5, 5.41) is 8.02. The molecule has 0 unspecified atom stereocenters. The molecule has 0 atom stereocenters. The van der Waals surface area contributed by atoms with Crippen molar-refractivity contribution in [1.82, 2.24) is 19.9 Å². The summed E-state index contributed by atoms with van der Waals surface area (Å²) in [5.41, 5.74) is 8.06. The quantitative estimate of drug-likeness (QED) is 0.877. The van der Waals surface area contributed by atoms with Gasteiger partial charge in [0, 0.05) is 25.7 Å². The van der Waals surface area contributed by atoms with E-state index in [-0.39, 0.29) is 5.91 Å². The van der Waals surface area contributed by atoms with Gasteiger partial charge in [-0.15, -0.1) is 5.10 Å². The lowest BCUT2D eigenvalue weighted by Gasteiger charge is -2.31. The number of rotatable bonds is 2. The normalized spacial score (nSPS) is 16.8. The molecule has 0 radical (unpaired) electrons. The summed E-state index contributed by atoms with van der Waals surface area (Å²) in [7, 11) is 1.84. The number of amides is 1. The standard InChI is InChI=1S/C14H19N5O/c1-18-13-3-2-11(8-12(13)16-17-18)14(20)19-6-4-10(9-15)5-7-19/h2-3,8,10H,4-7,9,15H2,1H3. The van der Waals surface area contributed by atoms with Crippen LogP contribution in [0.15, 0.2) is 18.2 Å². The van der Waals surface area contributed by atoms with Gasteiger partial charge in [0.15, 0.2) is 0 Å². The highest BCUT2D eigenvalue weighted by Crippen LogP contribution is 2.19. The smallest absolute Gasteiger partial charge is 0.253 e. The molecule has 2 aromatic rings. The zero-order valence-electron chi connectivity index (χ0n) is 11.6. The molecule has 0 bridgehead atoms. The van der Waals surface area contributed by atoms with Crippen molar-refractivity contribution >= 4 is 16.9 Å². The average molecular weight is 273 g/mol. The lowest BCUT2D eigenvalue weighted by atomic mass is 9.96. The molecule has 1 aromatic heterocycles. The Morgan fingerprint density at radius 1 is 1.40 bits per heavy atom. The highest BCUT2D eigenvalue weighted by atomic mass is 16.2. The van der Waals surface area contributed by atoms with Crippen molar-refractivity contribution in [1.29, 1.82) is 0 Å². The highest BCUT2D eigenvalue weighted by Gasteiger charge is 2.23. The molecule has 1 aliphatic rings. The van der Waals surface area contributed by atoms with Gasteiger partial charge < -0.3 is 10.6 Å². The molecule has 1 amide bonds. The lowest BCUT2D eigenvalue weighted by molar-refractivity contribution is 0.0693. The number of piperidine rings is 1. The number of likely N-dealkylation sites (tertiary alicyclic amines) is 1. The second-order valence-electron chi connectivity index (χ2n) is 5.39. The van der Waals surface area contributed by atoms with Crippen LogP contribution in [0.1, 0.15) is 23.2 Å². The van der Waals surface area contributed by atoms with Gasteiger partial charge >= 0.3 is 0 Å². The van der Waals surface area contributed by atoms with Crippen LogP contribution in [0.2, 0.25) is 0 Å². The Balaban J connectivity index is 1.78. The molecule has 2 heterocycles. The fourth-order valence-corrected chi connectivity index (χ4v) is 2.73. The number of benzene rings is 1. The Bertz CT molecular complexity index is 628. The van der Waals surface area contributed by atoms with E-state index in [2.05, 4.69) is 10.3 Å². The van der Waals surface area contributed by atoms with E-state index in [4.69, 9.17) is 5.73 Å². The van der Waals surface area contributed by atoms with Gasteiger partial charge in [0.1, 0.15) is 5.52 Å². The highest BCUT2D eigenvalue weighted by molar-refractivity contribution is 5.97. The first kappa shape index (κ1) is 13.1. The molecule has 20 heavy (non-hydrogen) atoms. The fourth-order valence-electron chi connectivity index (χ4n) is 2.73. The molecule has 3 rings (SSSR count). The fraction of sp³-hybridized carbons (Fsp3) is 0.500. The first-order valence-electron chi connectivity index (χ1n) is 6.98. The Morgan fingerprint density at radius 2 is 2.15 bits per heavy atom. The second kappa shape index (κ2) is 5.20. The van der Waals surface area contributed by atoms with Crippen LogP contribution in [-0.4, -0.2) is 45.4 Å². The van der Waals surface area contributed by atoms with Gasteiger partial charge in [-0.1, -0.05) is 5.21 Å². The predicted octanol–water partition coefficient (Wildman–Crippen LogP) is 0.779. The monoisotopic (exact) mass is 273 g/mol. The largest absolute Gasteiger partial charge is 0.339 e.